The largest absolute Gasteiger partial charge is 0.490 e. The summed E-state index contributed by atoms with van der Waals surface area (Å²) in [6.45, 7) is 3.52. The van der Waals surface area contributed by atoms with Crippen molar-refractivity contribution >= 4 is 11.9 Å². The van der Waals surface area contributed by atoms with E-state index in [2.05, 4.69) is 25.6 Å². The van der Waals surface area contributed by atoms with E-state index in [0.29, 0.717) is 13.1 Å². The monoisotopic (exact) mass is 561 g/mol. The van der Waals surface area contributed by atoms with Crippen molar-refractivity contribution in [2.24, 2.45) is 7.05 Å². The average Bonchev–Trinajstić information content (AvgIpc) is 3.53. The number of carbonyl (C=O) groups is 2. The predicted octanol–water partition coefficient (Wildman–Crippen LogP) is 2.63. The maximum Gasteiger partial charge on any atom is 0.490 e. The molecule has 0 bridgehead atoms. The van der Waals surface area contributed by atoms with E-state index < -0.39 is 23.9 Å². The first-order valence-electron chi connectivity index (χ1n) is 11.5. The number of halogens is 6. The Balaban J connectivity index is 0.000000532. The minimum atomic E-state index is -5.08. The highest BCUT2D eigenvalue weighted by Gasteiger charge is 2.38. The molecule has 16 heteroatoms. The molecule has 1 aliphatic rings. The summed E-state index contributed by atoms with van der Waals surface area (Å²) in [5, 5.41) is 17.5. The Labute approximate surface area is 218 Å². The van der Waals surface area contributed by atoms with E-state index in [-0.39, 0.29) is 23.3 Å². The van der Waals surface area contributed by atoms with Gasteiger partial charge in [0.05, 0.1) is 17.3 Å². The molecule has 0 saturated carbocycles. The average molecular weight is 561 g/mol. The minimum absolute atomic E-state index is 0.112. The summed E-state index contributed by atoms with van der Waals surface area (Å²) in [6, 6.07) is 6.40. The van der Waals surface area contributed by atoms with Crippen molar-refractivity contribution in [3.8, 4) is 5.69 Å². The number of carbonyl (C=O) groups excluding carboxylic acids is 1. The third-order valence-corrected chi connectivity index (χ3v) is 5.70. The van der Waals surface area contributed by atoms with E-state index in [1.807, 2.05) is 17.8 Å². The first-order chi connectivity index (χ1) is 18.3. The second-order valence-electron chi connectivity index (χ2n) is 8.40. The quantitative estimate of drug-likeness (QED) is 0.396. The van der Waals surface area contributed by atoms with Crippen molar-refractivity contribution in [1.82, 2.24) is 34.9 Å². The van der Waals surface area contributed by atoms with Gasteiger partial charge in [0.2, 0.25) is 0 Å². The van der Waals surface area contributed by atoms with Crippen molar-refractivity contribution in [2.75, 3.05) is 32.7 Å². The molecule has 4 rings (SSSR count). The van der Waals surface area contributed by atoms with Crippen LogP contribution in [0.3, 0.4) is 0 Å². The fourth-order valence-corrected chi connectivity index (χ4v) is 3.78. The van der Waals surface area contributed by atoms with E-state index in [0.717, 1.165) is 37.6 Å². The van der Waals surface area contributed by atoms with Crippen LogP contribution >= 0.6 is 0 Å². The first kappa shape index (κ1) is 29.6. The SMILES string of the molecule is Cn1ccnc1C1CNCCN1CCNC(=O)c1ccn(-c2cccc(C(F)(F)F)c2)n1.O=C(O)C(F)(F)F. The van der Waals surface area contributed by atoms with E-state index in [9.17, 15) is 31.1 Å². The van der Waals surface area contributed by atoms with Gasteiger partial charge in [-0.05, 0) is 24.3 Å². The van der Waals surface area contributed by atoms with Gasteiger partial charge in [-0.1, -0.05) is 6.07 Å². The molecule has 1 aliphatic heterocycles. The van der Waals surface area contributed by atoms with Gasteiger partial charge >= 0.3 is 18.3 Å². The van der Waals surface area contributed by atoms with Gasteiger partial charge in [0.15, 0.2) is 5.69 Å². The molecular weight excluding hydrogens is 536 g/mol. The van der Waals surface area contributed by atoms with Crippen LogP contribution in [0.15, 0.2) is 48.9 Å². The molecule has 3 heterocycles. The molecule has 39 heavy (non-hydrogen) atoms. The normalized spacial score (nSPS) is 16.3. The molecule has 2 aromatic heterocycles. The Morgan fingerprint density at radius 1 is 1.15 bits per heavy atom. The highest BCUT2D eigenvalue weighted by atomic mass is 19.4. The zero-order chi connectivity index (χ0) is 28.8. The molecular formula is C23H25F6N7O3. The highest BCUT2D eigenvalue weighted by Crippen LogP contribution is 2.30. The zero-order valence-corrected chi connectivity index (χ0v) is 20.5. The summed E-state index contributed by atoms with van der Waals surface area (Å²) < 4.78 is 73.8. The second kappa shape index (κ2) is 12.3. The lowest BCUT2D eigenvalue weighted by atomic mass is 10.1. The van der Waals surface area contributed by atoms with Crippen molar-refractivity contribution in [3.05, 3.63) is 66.0 Å². The van der Waals surface area contributed by atoms with Crippen LogP contribution in [-0.4, -0.2) is 80.1 Å². The zero-order valence-electron chi connectivity index (χ0n) is 20.5. The number of benzene rings is 1. The van der Waals surface area contributed by atoms with Gasteiger partial charge in [-0.2, -0.15) is 31.4 Å². The summed E-state index contributed by atoms with van der Waals surface area (Å²) in [5.74, 6) is -2.17. The Hall–Kier alpha value is -3.92. The summed E-state index contributed by atoms with van der Waals surface area (Å²) >= 11 is 0. The van der Waals surface area contributed by atoms with Crippen molar-refractivity contribution in [3.63, 3.8) is 0 Å². The van der Waals surface area contributed by atoms with E-state index in [1.165, 1.54) is 29.1 Å². The van der Waals surface area contributed by atoms with Crippen molar-refractivity contribution in [1.29, 1.82) is 0 Å². The van der Waals surface area contributed by atoms with Crippen LogP contribution in [0.4, 0.5) is 26.3 Å². The molecule has 10 nitrogen and oxygen atoms in total. The molecule has 212 valence electrons. The summed E-state index contributed by atoms with van der Waals surface area (Å²) in [4.78, 5) is 28.1. The third kappa shape index (κ3) is 8.03. The number of aliphatic carboxylic acids is 1. The van der Waals surface area contributed by atoms with Crippen LogP contribution in [0, 0.1) is 0 Å². The number of amides is 1. The van der Waals surface area contributed by atoms with Crippen LogP contribution in [0.5, 0.6) is 0 Å². The molecule has 0 spiro atoms. The Morgan fingerprint density at radius 3 is 2.49 bits per heavy atom. The number of nitrogens with zero attached hydrogens (tertiary/aromatic N) is 5. The number of rotatable bonds is 6. The maximum atomic E-state index is 12.9. The number of aryl methyl sites for hydroxylation is 1. The number of piperazine rings is 1. The molecule has 1 atom stereocenters. The highest BCUT2D eigenvalue weighted by molar-refractivity contribution is 5.92. The molecule has 1 unspecified atom stereocenters. The van der Waals surface area contributed by atoms with Gasteiger partial charge in [-0.25, -0.2) is 14.5 Å². The fraction of sp³-hybridized carbons (Fsp3) is 0.391. The lowest BCUT2D eigenvalue weighted by Crippen LogP contribution is -2.49. The first-order valence-corrected chi connectivity index (χ1v) is 11.5. The van der Waals surface area contributed by atoms with Gasteiger partial charge in [0.25, 0.3) is 5.91 Å². The summed E-state index contributed by atoms with van der Waals surface area (Å²) in [5.41, 5.74) is -0.393. The maximum absolute atomic E-state index is 12.9. The molecule has 0 aliphatic carbocycles. The number of alkyl halides is 6. The Kier molecular flexibility index (Phi) is 9.34. The number of aromatic nitrogens is 4. The predicted molar refractivity (Wildman–Crippen MR) is 125 cm³/mol. The molecule has 3 aromatic rings. The topological polar surface area (TPSA) is 117 Å². The van der Waals surface area contributed by atoms with Gasteiger partial charge in [-0.3, -0.25) is 9.69 Å². The second-order valence-corrected chi connectivity index (χ2v) is 8.40. The number of imidazole rings is 1. The number of carboxylic acids is 1. The smallest absolute Gasteiger partial charge is 0.475 e. The lowest BCUT2D eigenvalue weighted by Gasteiger charge is -2.35. The van der Waals surface area contributed by atoms with Gasteiger partial charge < -0.3 is 20.3 Å². The van der Waals surface area contributed by atoms with E-state index in [1.54, 1.807) is 6.20 Å². The fourth-order valence-electron chi connectivity index (χ4n) is 3.78. The van der Waals surface area contributed by atoms with Crippen LogP contribution in [0.25, 0.3) is 5.69 Å². The molecule has 1 saturated heterocycles. The minimum Gasteiger partial charge on any atom is -0.475 e. The molecule has 1 aromatic carbocycles. The van der Waals surface area contributed by atoms with E-state index >= 15 is 0 Å². The van der Waals surface area contributed by atoms with Crippen LogP contribution in [-0.2, 0) is 18.0 Å². The van der Waals surface area contributed by atoms with Crippen LogP contribution in [0.1, 0.15) is 27.9 Å². The molecule has 0 radical (unpaired) electrons. The molecule has 3 N–H and O–H groups in total. The van der Waals surface area contributed by atoms with Crippen LogP contribution < -0.4 is 10.6 Å². The lowest BCUT2D eigenvalue weighted by molar-refractivity contribution is -0.192. The summed E-state index contributed by atoms with van der Waals surface area (Å²) in [6.07, 6.45) is -4.38. The Bertz CT molecular complexity index is 1270. The number of nitrogens with one attached hydrogen (secondary N) is 2. The van der Waals surface area contributed by atoms with Gasteiger partial charge in [-0.15, -0.1) is 0 Å². The number of hydrogen-bond donors (Lipinski definition) is 3. The standard InChI is InChI=1S/C21H24F3N7O.C2HF3O2/c1-29-10-7-26-19(29)18-14-25-6-11-30(18)12-8-27-20(32)17-5-9-31(28-17)16-4-2-3-15(13-16)21(22,23)24;3-2(4,5)1(6)7/h2-5,7,9-10,13,18,25H,6,8,11-12,14H2,1H3,(H,27,32);(H,6,7). The van der Waals surface area contributed by atoms with Crippen molar-refractivity contribution in [2.45, 2.75) is 18.4 Å². The third-order valence-electron chi connectivity index (χ3n) is 5.70. The van der Waals surface area contributed by atoms with Gasteiger partial charge in [0, 0.05) is 58.4 Å². The molecule has 1 fully saturated rings. The van der Waals surface area contributed by atoms with E-state index in [4.69, 9.17) is 9.90 Å². The molecule has 1 amide bonds. The summed E-state index contributed by atoms with van der Waals surface area (Å²) in [7, 11) is 1.96. The van der Waals surface area contributed by atoms with Crippen molar-refractivity contribution < 1.29 is 41.0 Å². The van der Waals surface area contributed by atoms with Gasteiger partial charge in [0.1, 0.15) is 5.82 Å². The number of hydrogen-bond acceptors (Lipinski definition) is 6. The number of carboxylic acid groups (broad SMARTS) is 1. The Morgan fingerprint density at radius 2 is 1.87 bits per heavy atom. The van der Waals surface area contributed by atoms with Crippen LogP contribution in [0.2, 0.25) is 0 Å².